The van der Waals surface area contributed by atoms with Crippen LogP contribution in [0.25, 0.3) is 22.0 Å². The molecule has 1 saturated heterocycles. The summed E-state index contributed by atoms with van der Waals surface area (Å²) in [6.07, 6.45) is 2.44. The highest BCUT2D eigenvalue weighted by Crippen LogP contribution is 2.37. The second kappa shape index (κ2) is 7.04. The van der Waals surface area contributed by atoms with E-state index in [-0.39, 0.29) is 5.75 Å². The Bertz CT molecular complexity index is 932. The summed E-state index contributed by atoms with van der Waals surface area (Å²) >= 11 is 0. The Balaban J connectivity index is 1.83. The second-order valence-electron chi connectivity index (χ2n) is 7.40. The molecule has 2 N–H and O–H groups in total. The van der Waals surface area contributed by atoms with Crippen LogP contribution in [-0.2, 0) is 0 Å². The highest BCUT2D eigenvalue weighted by molar-refractivity contribution is 5.96. The van der Waals surface area contributed by atoms with Gasteiger partial charge in [-0.3, -0.25) is 0 Å². The lowest BCUT2D eigenvalue weighted by atomic mass is 9.83. The van der Waals surface area contributed by atoms with Crippen LogP contribution in [0.15, 0.2) is 42.5 Å². The number of nitrogens with one attached hydrogen (secondary N) is 1. The summed E-state index contributed by atoms with van der Waals surface area (Å²) in [6.45, 7) is 6.38. The molecular weight excluding hydrogens is 322 g/mol. The number of phenolic OH excluding ortho intramolecular Hbond substituents is 1. The van der Waals surface area contributed by atoms with E-state index >= 15 is 0 Å². The molecule has 2 unspecified atom stereocenters. The lowest BCUT2D eigenvalue weighted by molar-refractivity contribution is 0.331. The molecule has 0 bridgehead atoms. The van der Waals surface area contributed by atoms with Crippen LogP contribution in [0.5, 0.6) is 5.75 Å². The van der Waals surface area contributed by atoms with E-state index in [2.05, 4.69) is 40.6 Å². The van der Waals surface area contributed by atoms with E-state index in [0.29, 0.717) is 11.8 Å². The maximum absolute atomic E-state index is 10.4. The molecule has 2 heterocycles. The summed E-state index contributed by atoms with van der Waals surface area (Å²) in [7, 11) is 0. The molecule has 0 spiro atoms. The molecule has 2 aromatic carbocycles. The number of aryl methyl sites for hydroxylation is 1. The maximum Gasteiger partial charge on any atom is 0.125 e. The van der Waals surface area contributed by atoms with Gasteiger partial charge >= 0.3 is 0 Å². The van der Waals surface area contributed by atoms with E-state index in [4.69, 9.17) is 0 Å². The quantitative estimate of drug-likeness (QED) is 0.737. The molecule has 134 valence electrons. The third kappa shape index (κ3) is 3.06. The normalized spacial score (nSPS) is 18.8. The van der Waals surface area contributed by atoms with Crippen molar-refractivity contribution in [2.45, 2.75) is 32.6 Å². The molecule has 4 rings (SSSR count). The first-order valence-electron chi connectivity index (χ1n) is 9.41. The van der Waals surface area contributed by atoms with Crippen molar-refractivity contribution in [3.8, 4) is 17.0 Å². The van der Waals surface area contributed by atoms with Crippen LogP contribution < -0.4 is 5.32 Å². The molecule has 1 fully saturated rings. The number of nitrogens with zero attached hydrogens (tertiary/aromatic N) is 2. The molecule has 4 heteroatoms. The van der Waals surface area contributed by atoms with Crippen molar-refractivity contribution in [1.29, 1.82) is 0 Å². The number of benzene rings is 2. The lowest BCUT2D eigenvalue weighted by Crippen LogP contribution is -2.32. The van der Waals surface area contributed by atoms with Crippen LogP contribution in [-0.4, -0.2) is 28.4 Å². The summed E-state index contributed by atoms with van der Waals surface area (Å²) in [6, 6.07) is 14.0. The maximum atomic E-state index is 10.4. The van der Waals surface area contributed by atoms with Crippen LogP contribution in [0.2, 0.25) is 0 Å². The van der Waals surface area contributed by atoms with Crippen molar-refractivity contribution in [1.82, 2.24) is 15.5 Å². The fourth-order valence-corrected chi connectivity index (χ4v) is 4.03. The summed E-state index contributed by atoms with van der Waals surface area (Å²) in [5.41, 5.74) is 3.57. The minimum Gasteiger partial charge on any atom is -0.507 e. The monoisotopic (exact) mass is 347 g/mol. The number of phenols is 1. The van der Waals surface area contributed by atoms with E-state index in [1.54, 1.807) is 6.07 Å². The summed E-state index contributed by atoms with van der Waals surface area (Å²) < 4.78 is 0. The fourth-order valence-electron chi connectivity index (χ4n) is 4.03. The van der Waals surface area contributed by atoms with Crippen molar-refractivity contribution in [2.75, 3.05) is 13.1 Å². The topological polar surface area (TPSA) is 58.0 Å². The van der Waals surface area contributed by atoms with Gasteiger partial charge in [-0.05, 0) is 56.5 Å². The molecule has 0 radical (unpaired) electrons. The first kappa shape index (κ1) is 17.0. The smallest absolute Gasteiger partial charge is 0.125 e. The van der Waals surface area contributed by atoms with Crippen LogP contribution in [0, 0.1) is 12.8 Å². The highest BCUT2D eigenvalue weighted by atomic mass is 16.3. The van der Waals surface area contributed by atoms with Crippen LogP contribution >= 0.6 is 0 Å². The van der Waals surface area contributed by atoms with Gasteiger partial charge in [0.25, 0.3) is 0 Å². The first-order chi connectivity index (χ1) is 12.6. The van der Waals surface area contributed by atoms with Crippen LogP contribution in [0.3, 0.4) is 0 Å². The van der Waals surface area contributed by atoms with Crippen molar-refractivity contribution in [3.05, 3.63) is 53.7 Å². The Morgan fingerprint density at radius 1 is 1.12 bits per heavy atom. The van der Waals surface area contributed by atoms with Gasteiger partial charge in [-0.15, -0.1) is 5.10 Å². The van der Waals surface area contributed by atoms with Crippen LogP contribution in [0.4, 0.5) is 0 Å². The second-order valence-corrected chi connectivity index (χ2v) is 7.40. The number of aromatic nitrogens is 2. The molecule has 2 atom stereocenters. The van der Waals surface area contributed by atoms with Crippen molar-refractivity contribution in [2.24, 2.45) is 5.92 Å². The number of fused-ring (bicyclic) bond motifs is 1. The third-order valence-electron chi connectivity index (χ3n) is 5.60. The van der Waals surface area contributed by atoms with Crippen molar-refractivity contribution < 1.29 is 5.11 Å². The van der Waals surface area contributed by atoms with E-state index in [1.807, 2.05) is 25.1 Å². The molecule has 0 saturated carbocycles. The highest BCUT2D eigenvalue weighted by Gasteiger charge is 2.25. The molecule has 1 aliphatic heterocycles. The fraction of sp³-hybridized carbons (Fsp3) is 0.364. The molecule has 0 aliphatic carbocycles. The number of aromatic hydroxyl groups is 1. The van der Waals surface area contributed by atoms with Crippen LogP contribution in [0.1, 0.15) is 36.9 Å². The number of rotatable bonds is 3. The summed E-state index contributed by atoms with van der Waals surface area (Å²) in [5, 5.41) is 25.3. The van der Waals surface area contributed by atoms with Gasteiger partial charge in [-0.25, -0.2) is 0 Å². The average Bonchev–Trinajstić information content (AvgIpc) is 2.68. The molecule has 0 amide bonds. The van der Waals surface area contributed by atoms with E-state index in [0.717, 1.165) is 46.4 Å². The Hall–Kier alpha value is -2.46. The molecular formula is C22H25N3O. The van der Waals surface area contributed by atoms with Gasteiger partial charge in [-0.1, -0.05) is 37.3 Å². The molecule has 1 aliphatic rings. The van der Waals surface area contributed by atoms with Gasteiger partial charge < -0.3 is 10.4 Å². The molecule has 3 aromatic rings. The largest absolute Gasteiger partial charge is 0.507 e. The zero-order chi connectivity index (χ0) is 18.1. The first-order valence-corrected chi connectivity index (χ1v) is 9.41. The Kier molecular flexibility index (Phi) is 4.60. The van der Waals surface area contributed by atoms with Gasteiger partial charge in [0.1, 0.15) is 11.4 Å². The lowest BCUT2D eigenvalue weighted by Gasteiger charge is -2.28. The minimum atomic E-state index is 0.252. The molecule has 1 aromatic heterocycles. The summed E-state index contributed by atoms with van der Waals surface area (Å²) in [5.74, 6) is 1.18. The summed E-state index contributed by atoms with van der Waals surface area (Å²) in [4.78, 5) is 0. The number of hydrogen-bond donors (Lipinski definition) is 2. The van der Waals surface area contributed by atoms with Crippen molar-refractivity contribution in [3.63, 3.8) is 0 Å². The minimum absolute atomic E-state index is 0.252. The Morgan fingerprint density at radius 2 is 1.92 bits per heavy atom. The Morgan fingerprint density at radius 3 is 2.65 bits per heavy atom. The SMILES string of the molecule is Cc1ccc(-c2nnc(C(C)C3CCCNC3)c3ccccc23)c(O)c1. The van der Waals surface area contributed by atoms with Gasteiger partial charge in [0.2, 0.25) is 0 Å². The van der Waals surface area contributed by atoms with Crippen molar-refractivity contribution >= 4 is 10.8 Å². The van der Waals surface area contributed by atoms with Gasteiger partial charge in [-0.2, -0.15) is 5.10 Å². The predicted octanol–water partition coefficient (Wildman–Crippen LogP) is 4.41. The zero-order valence-corrected chi connectivity index (χ0v) is 15.4. The van der Waals surface area contributed by atoms with E-state index in [1.165, 1.54) is 12.8 Å². The standard InChI is InChI=1S/C22H25N3O/c1-14-9-10-19(20(26)12-14)22-18-8-4-3-7-17(18)21(24-25-22)15(2)16-6-5-11-23-13-16/h3-4,7-10,12,15-16,23,26H,5-6,11,13H2,1-2H3. The molecule has 4 nitrogen and oxygen atoms in total. The Labute approximate surface area is 154 Å². The van der Waals surface area contributed by atoms with Gasteiger partial charge in [0.15, 0.2) is 0 Å². The third-order valence-corrected chi connectivity index (χ3v) is 5.60. The number of piperidine rings is 1. The van der Waals surface area contributed by atoms with E-state index in [9.17, 15) is 5.11 Å². The zero-order valence-electron chi connectivity index (χ0n) is 15.4. The van der Waals surface area contributed by atoms with Gasteiger partial charge in [0, 0.05) is 22.3 Å². The van der Waals surface area contributed by atoms with E-state index < -0.39 is 0 Å². The van der Waals surface area contributed by atoms with Gasteiger partial charge in [0.05, 0.1) is 5.69 Å². The predicted molar refractivity (Wildman–Crippen MR) is 105 cm³/mol. The average molecular weight is 347 g/mol. The number of hydrogen-bond acceptors (Lipinski definition) is 4. The molecule has 26 heavy (non-hydrogen) atoms.